The smallest absolute Gasteiger partial charge is 0.327 e. The van der Waals surface area contributed by atoms with Crippen molar-refractivity contribution in [3.8, 4) is 0 Å². The molecule has 114 valence electrons. The molecule has 0 saturated heterocycles. The van der Waals surface area contributed by atoms with Crippen molar-refractivity contribution in [1.29, 1.82) is 0 Å². The van der Waals surface area contributed by atoms with Crippen molar-refractivity contribution in [3.63, 3.8) is 0 Å². The molecular weight excluding hydrogens is 284 g/mol. The maximum Gasteiger partial charge on any atom is 0.344 e. The van der Waals surface area contributed by atoms with Crippen molar-refractivity contribution >= 4 is 11.8 Å². The van der Waals surface area contributed by atoms with Gasteiger partial charge in [-0.25, -0.2) is 9.89 Å². The Hall–Kier alpha value is -1.53. The van der Waals surface area contributed by atoms with Gasteiger partial charge < -0.3 is 5.73 Å². The highest BCUT2D eigenvalue weighted by molar-refractivity contribution is 7.99. The van der Waals surface area contributed by atoms with Crippen molar-refractivity contribution in [2.75, 3.05) is 0 Å². The number of nitrogens with one attached hydrogen (secondary N) is 1. The minimum atomic E-state index is -0.181. The van der Waals surface area contributed by atoms with Crippen LogP contribution in [0.25, 0.3) is 0 Å². The van der Waals surface area contributed by atoms with Gasteiger partial charge in [-0.2, -0.15) is 0 Å². The lowest BCUT2D eigenvalue weighted by Crippen LogP contribution is -2.24. The molecule has 0 radical (unpaired) electrons. The number of hydrogen-bond donors (Lipinski definition) is 2. The van der Waals surface area contributed by atoms with E-state index < -0.39 is 0 Å². The normalized spacial score (nSPS) is 14.4. The van der Waals surface area contributed by atoms with Gasteiger partial charge in [0.15, 0.2) is 5.16 Å². The number of rotatable bonds is 5. The maximum absolute atomic E-state index is 11.8. The molecule has 0 amide bonds. The average Bonchev–Trinajstić information content (AvgIpc) is 2.78. The molecule has 0 aliphatic carbocycles. The zero-order valence-corrected chi connectivity index (χ0v) is 13.6. The zero-order valence-electron chi connectivity index (χ0n) is 12.8. The summed E-state index contributed by atoms with van der Waals surface area (Å²) in [7, 11) is 0. The zero-order chi connectivity index (χ0) is 15.6. The molecule has 1 aromatic heterocycles. The van der Waals surface area contributed by atoms with Gasteiger partial charge in [0.1, 0.15) is 0 Å². The van der Waals surface area contributed by atoms with E-state index >= 15 is 0 Å². The van der Waals surface area contributed by atoms with Gasteiger partial charge in [0, 0.05) is 12.1 Å². The number of benzene rings is 1. The van der Waals surface area contributed by atoms with Gasteiger partial charge in [0.25, 0.3) is 0 Å². The fourth-order valence-electron chi connectivity index (χ4n) is 2.18. The number of aromatic nitrogens is 3. The molecule has 2 unspecified atom stereocenters. The molecule has 2 rings (SSSR count). The highest BCUT2D eigenvalue weighted by Gasteiger charge is 2.22. The highest BCUT2D eigenvalue weighted by atomic mass is 32.2. The molecule has 0 saturated carbocycles. The number of hydrogen-bond acceptors (Lipinski definition) is 4. The monoisotopic (exact) mass is 306 g/mol. The van der Waals surface area contributed by atoms with Crippen molar-refractivity contribution < 1.29 is 0 Å². The molecule has 0 aliphatic rings. The van der Waals surface area contributed by atoms with Crippen molar-refractivity contribution in [3.05, 3.63) is 45.9 Å². The molecule has 21 heavy (non-hydrogen) atoms. The fourth-order valence-corrected chi connectivity index (χ4v) is 3.42. The summed E-state index contributed by atoms with van der Waals surface area (Å²) in [6.07, 6.45) is 0. The Bertz CT molecular complexity index is 642. The predicted molar refractivity (Wildman–Crippen MR) is 86.7 cm³/mol. The van der Waals surface area contributed by atoms with E-state index in [0.717, 1.165) is 5.56 Å². The van der Waals surface area contributed by atoms with Gasteiger partial charge in [-0.05, 0) is 33.3 Å². The molecule has 1 aromatic carbocycles. The van der Waals surface area contributed by atoms with Gasteiger partial charge in [-0.1, -0.05) is 41.6 Å². The Morgan fingerprint density at radius 2 is 1.86 bits per heavy atom. The Balaban J connectivity index is 2.33. The quantitative estimate of drug-likeness (QED) is 0.833. The first-order valence-electron chi connectivity index (χ1n) is 7.06. The predicted octanol–water partition coefficient (Wildman–Crippen LogP) is 2.64. The summed E-state index contributed by atoms with van der Waals surface area (Å²) < 4.78 is 1.66. The summed E-state index contributed by atoms with van der Waals surface area (Å²) in [6, 6.07) is 8.33. The van der Waals surface area contributed by atoms with Crippen molar-refractivity contribution in [1.82, 2.24) is 14.8 Å². The standard InChI is InChI=1S/C15H22N4OS/c1-9(2)19-14(20)17-18-15(19)21-13(11(4)16)12-7-5-10(3)6-8-12/h5-9,11,13H,16H2,1-4H3,(H,17,20). The molecule has 0 spiro atoms. The largest absolute Gasteiger partial charge is 0.344 e. The lowest BCUT2D eigenvalue weighted by atomic mass is 10.1. The molecule has 0 aliphatic heterocycles. The minimum Gasteiger partial charge on any atom is -0.327 e. The van der Waals surface area contributed by atoms with Gasteiger partial charge in [-0.3, -0.25) is 4.57 Å². The van der Waals surface area contributed by atoms with E-state index in [1.807, 2.05) is 20.8 Å². The third-order valence-electron chi connectivity index (χ3n) is 3.30. The van der Waals surface area contributed by atoms with E-state index in [1.165, 1.54) is 17.3 Å². The number of aryl methyl sites for hydroxylation is 1. The highest BCUT2D eigenvalue weighted by Crippen LogP contribution is 2.36. The molecule has 1 heterocycles. The number of nitrogens with zero attached hydrogens (tertiary/aromatic N) is 2. The molecule has 5 nitrogen and oxygen atoms in total. The summed E-state index contributed by atoms with van der Waals surface area (Å²) >= 11 is 1.53. The third kappa shape index (κ3) is 3.57. The first-order valence-corrected chi connectivity index (χ1v) is 7.93. The van der Waals surface area contributed by atoms with Gasteiger partial charge >= 0.3 is 5.69 Å². The SMILES string of the molecule is Cc1ccc(C(Sc2n[nH]c(=O)n2C(C)C)C(C)N)cc1. The minimum absolute atomic E-state index is 0.0508. The molecule has 0 bridgehead atoms. The summed E-state index contributed by atoms with van der Waals surface area (Å²) in [5.41, 5.74) is 8.32. The van der Waals surface area contributed by atoms with E-state index in [9.17, 15) is 4.79 Å². The Labute approximate surface area is 128 Å². The van der Waals surface area contributed by atoms with Crippen LogP contribution in [-0.4, -0.2) is 20.8 Å². The molecule has 3 N–H and O–H groups in total. The van der Waals surface area contributed by atoms with Crippen LogP contribution in [0, 0.1) is 6.92 Å². The van der Waals surface area contributed by atoms with Crippen LogP contribution in [0.2, 0.25) is 0 Å². The Morgan fingerprint density at radius 3 is 2.38 bits per heavy atom. The lowest BCUT2D eigenvalue weighted by molar-refractivity contribution is 0.532. The van der Waals surface area contributed by atoms with Crippen LogP contribution < -0.4 is 11.4 Å². The van der Waals surface area contributed by atoms with E-state index in [-0.39, 0.29) is 23.0 Å². The van der Waals surface area contributed by atoms with Crippen molar-refractivity contribution in [2.45, 2.75) is 50.2 Å². The van der Waals surface area contributed by atoms with E-state index in [2.05, 4.69) is 41.4 Å². The van der Waals surface area contributed by atoms with Crippen LogP contribution in [-0.2, 0) is 0 Å². The van der Waals surface area contributed by atoms with Crippen LogP contribution in [0.15, 0.2) is 34.2 Å². The number of nitrogens with two attached hydrogens (primary N) is 1. The topological polar surface area (TPSA) is 76.7 Å². The van der Waals surface area contributed by atoms with E-state index in [0.29, 0.717) is 5.16 Å². The second kappa shape index (κ2) is 6.49. The van der Waals surface area contributed by atoms with E-state index in [1.54, 1.807) is 4.57 Å². The second-order valence-corrected chi connectivity index (χ2v) is 6.69. The Morgan fingerprint density at radius 1 is 1.24 bits per heavy atom. The lowest BCUT2D eigenvalue weighted by Gasteiger charge is -2.21. The number of H-pyrrole nitrogens is 1. The van der Waals surface area contributed by atoms with Crippen LogP contribution in [0.4, 0.5) is 0 Å². The Kier molecular flexibility index (Phi) is 4.90. The van der Waals surface area contributed by atoms with Gasteiger partial charge in [-0.15, -0.1) is 5.10 Å². The van der Waals surface area contributed by atoms with Gasteiger partial charge in [0.2, 0.25) is 0 Å². The first-order chi connectivity index (χ1) is 9.90. The maximum atomic E-state index is 11.8. The van der Waals surface area contributed by atoms with Crippen LogP contribution in [0.3, 0.4) is 0 Å². The molecule has 2 aromatic rings. The first kappa shape index (κ1) is 15.9. The molecular formula is C15H22N4OS. The summed E-state index contributed by atoms with van der Waals surface area (Å²) in [4.78, 5) is 11.8. The second-order valence-electron chi connectivity index (χ2n) is 5.58. The van der Waals surface area contributed by atoms with Crippen molar-refractivity contribution in [2.24, 2.45) is 5.73 Å². The summed E-state index contributed by atoms with van der Waals surface area (Å²) in [5, 5.41) is 7.39. The number of thioether (sulfide) groups is 1. The van der Waals surface area contributed by atoms with E-state index in [4.69, 9.17) is 5.73 Å². The van der Waals surface area contributed by atoms with Gasteiger partial charge in [0.05, 0.1) is 5.25 Å². The van der Waals surface area contributed by atoms with Crippen LogP contribution >= 0.6 is 11.8 Å². The molecule has 0 fully saturated rings. The molecule has 6 heteroatoms. The summed E-state index contributed by atoms with van der Waals surface area (Å²) in [5.74, 6) is 0. The average molecular weight is 306 g/mol. The number of aromatic amines is 1. The molecule has 2 atom stereocenters. The fraction of sp³-hybridized carbons (Fsp3) is 0.467. The van der Waals surface area contributed by atoms with Crippen LogP contribution in [0.5, 0.6) is 0 Å². The third-order valence-corrected chi connectivity index (χ3v) is 4.76. The van der Waals surface area contributed by atoms with Crippen LogP contribution in [0.1, 0.15) is 43.2 Å². The summed E-state index contributed by atoms with van der Waals surface area (Å²) in [6.45, 7) is 7.96.